The smallest absolute Gasteiger partial charge is 0.235 e. The molecule has 2 fully saturated rings. The fraction of sp³-hybridized carbons (Fsp3) is 0.290. The fourth-order valence-corrected chi connectivity index (χ4v) is 6.22. The lowest BCUT2D eigenvalue weighted by Crippen LogP contribution is -2.35. The fourth-order valence-electron chi connectivity index (χ4n) is 6.22. The number of hydrogen-bond acceptors (Lipinski definition) is 4. The van der Waals surface area contributed by atoms with Gasteiger partial charge in [0.15, 0.2) is 0 Å². The second-order valence-electron chi connectivity index (χ2n) is 10.5. The molecule has 2 atom stereocenters. The maximum absolute atomic E-state index is 13.2. The summed E-state index contributed by atoms with van der Waals surface area (Å²) in [5.41, 5.74) is 7.34. The summed E-state index contributed by atoms with van der Waals surface area (Å²) in [6, 6.07) is 23.5. The molecule has 2 aliphatic heterocycles. The second kappa shape index (κ2) is 8.98. The summed E-state index contributed by atoms with van der Waals surface area (Å²) in [6.07, 6.45) is 7.07. The van der Waals surface area contributed by atoms with Crippen molar-refractivity contribution in [2.75, 3.05) is 25.1 Å². The number of rotatable bonds is 6. The number of aromatic nitrogens is 2. The molecule has 186 valence electrons. The van der Waals surface area contributed by atoms with E-state index in [0.29, 0.717) is 6.04 Å². The number of ether oxygens (including phenoxy) is 1. The first-order valence-corrected chi connectivity index (χ1v) is 13.2. The van der Waals surface area contributed by atoms with Gasteiger partial charge in [-0.25, -0.2) is 0 Å². The molecule has 6 nitrogen and oxygen atoms in total. The van der Waals surface area contributed by atoms with Crippen molar-refractivity contribution in [2.45, 2.75) is 36.6 Å². The van der Waals surface area contributed by atoms with Gasteiger partial charge in [0.1, 0.15) is 0 Å². The molecule has 3 N–H and O–H groups in total. The summed E-state index contributed by atoms with van der Waals surface area (Å²) in [5, 5.41) is 15.6. The zero-order valence-electron chi connectivity index (χ0n) is 20.7. The van der Waals surface area contributed by atoms with Crippen LogP contribution in [-0.4, -0.2) is 41.9 Å². The maximum atomic E-state index is 13.2. The van der Waals surface area contributed by atoms with E-state index in [0.717, 1.165) is 61.2 Å². The van der Waals surface area contributed by atoms with Gasteiger partial charge in [-0.1, -0.05) is 54.6 Å². The lowest BCUT2D eigenvalue weighted by atomic mass is 9.89. The van der Waals surface area contributed by atoms with Crippen LogP contribution in [0.4, 0.5) is 5.69 Å². The van der Waals surface area contributed by atoms with Crippen molar-refractivity contribution < 1.29 is 9.53 Å². The number of aromatic amines is 1. The Balaban J connectivity index is 1.29. The monoisotopic (exact) mass is 490 g/mol. The van der Waals surface area contributed by atoms with Gasteiger partial charge in [0.05, 0.1) is 17.1 Å². The molecule has 2 unspecified atom stereocenters. The van der Waals surface area contributed by atoms with Crippen LogP contribution in [0.1, 0.15) is 47.4 Å². The van der Waals surface area contributed by atoms with E-state index in [1.807, 2.05) is 30.5 Å². The topological polar surface area (TPSA) is 79.0 Å². The molecule has 3 heterocycles. The molecule has 0 radical (unpaired) electrons. The van der Waals surface area contributed by atoms with Gasteiger partial charge in [-0.05, 0) is 65.3 Å². The molecular weight excluding hydrogens is 460 g/mol. The first kappa shape index (κ1) is 22.5. The van der Waals surface area contributed by atoms with E-state index in [1.165, 1.54) is 22.3 Å². The van der Waals surface area contributed by atoms with Crippen LogP contribution in [0.5, 0.6) is 0 Å². The van der Waals surface area contributed by atoms with E-state index in [-0.39, 0.29) is 11.8 Å². The average molecular weight is 491 g/mol. The summed E-state index contributed by atoms with van der Waals surface area (Å²) in [5.74, 6) is 0.259. The highest BCUT2D eigenvalue weighted by molar-refractivity contribution is 6.10. The Morgan fingerprint density at radius 1 is 1.08 bits per heavy atom. The number of hydrogen-bond donors (Lipinski definition) is 3. The Morgan fingerprint density at radius 3 is 2.76 bits per heavy atom. The van der Waals surface area contributed by atoms with Crippen LogP contribution in [0.2, 0.25) is 0 Å². The van der Waals surface area contributed by atoms with E-state index in [1.54, 1.807) is 0 Å². The second-order valence-corrected chi connectivity index (χ2v) is 10.5. The molecule has 6 heteroatoms. The van der Waals surface area contributed by atoms with Crippen LogP contribution in [0.25, 0.3) is 22.6 Å². The number of fused-ring (bicyclic) bond motifs is 3. The van der Waals surface area contributed by atoms with Crippen LogP contribution in [0, 0.1) is 0 Å². The number of para-hydroxylation sites is 1. The molecule has 1 amide bonds. The third-order valence-electron chi connectivity index (χ3n) is 8.29. The zero-order valence-corrected chi connectivity index (χ0v) is 20.7. The standard InChI is InChI=1S/C31H30N4O2/c36-30-31(26-8-4-5-9-28(26)34-30)17-27(31)21-15-24(25-19-33-35-29(25)16-21)22(14-20-6-2-1-3-7-20)18-32-23-10-12-37-13-11-23/h1-9,14-16,19,23,27,32H,10-13,17-18H2,(H,33,35)(H,34,36)/b22-14-. The summed E-state index contributed by atoms with van der Waals surface area (Å²) in [6.45, 7) is 2.37. The highest BCUT2D eigenvalue weighted by atomic mass is 16.5. The lowest BCUT2D eigenvalue weighted by Gasteiger charge is -2.24. The van der Waals surface area contributed by atoms with Gasteiger partial charge >= 0.3 is 0 Å². The first-order chi connectivity index (χ1) is 18.2. The summed E-state index contributed by atoms with van der Waals surface area (Å²) >= 11 is 0. The van der Waals surface area contributed by atoms with Crippen molar-refractivity contribution in [3.8, 4) is 0 Å². The number of anilines is 1. The summed E-state index contributed by atoms with van der Waals surface area (Å²) < 4.78 is 5.56. The minimum Gasteiger partial charge on any atom is -0.381 e. The molecule has 4 aromatic rings. The normalized spacial score (nSPS) is 23.4. The van der Waals surface area contributed by atoms with Crippen molar-refractivity contribution in [3.05, 3.63) is 95.2 Å². The number of benzene rings is 3. The zero-order chi connectivity index (χ0) is 24.8. The van der Waals surface area contributed by atoms with Crippen LogP contribution < -0.4 is 10.6 Å². The predicted octanol–water partition coefficient (Wildman–Crippen LogP) is 5.25. The van der Waals surface area contributed by atoms with Gasteiger partial charge in [0.2, 0.25) is 5.91 Å². The maximum Gasteiger partial charge on any atom is 0.235 e. The minimum absolute atomic E-state index is 0.117. The van der Waals surface area contributed by atoms with E-state index in [2.05, 4.69) is 69.4 Å². The lowest BCUT2D eigenvalue weighted by molar-refractivity contribution is -0.118. The number of nitrogens with zero attached hydrogens (tertiary/aromatic N) is 1. The number of carbonyl (C=O) groups excluding carboxylic acids is 1. The SMILES string of the molecule is O=C1Nc2ccccc2C12CC2c1cc(/C(=C\c2ccccc2)CNC2CCOCC2)c2cn[nH]c2c1. The molecule has 1 aromatic heterocycles. The van der Waals surface area contributed by atoms with Gasteiger partial charge in [-0.2, -0.15) is 5.10 Å². The summed E-state index contributed by atoms with van der Waals surface area (Å²) in [4.78, 5) is 13.2. The number of nitrogens with one attached hydrogen (secondary N) is 3. The Morgan fingerprint density at radius 2 is 1.89 bits per heavy atom. The number of H-pyrrole nitrogens is 1. The first-order valence-electron chi connectivity index (χ1n) is 13.2. The molecule has 3 aliphatic rings. The molecule has 1 saturated heterocycles. The average Bonchev–Trinajstić information content (AvgIpc) is 3.40. The molecule has 7 rings (SSSR count). The minimum atomic E-state index is -0.467. The Labute approximate surface area is 216 Å². The van der Waals surface area contributed by atoms with Gasteiger partial charge in [-0.15, -0.1) is 0 Å². The molecule has 1 spiro atoms. The van der Waals surface area contributed by atoms with Crippen LogP contribution >= 0.6 is 0 Å². The van der Waals surface area contributed by atoms with E-state index < -0.39 is 5.41 Å². The molecule has 1 aliphatic carbocycles. The van der Waals surface area contributed by atoms with Gasteiger partial charge in [0.25, 0.3) is 0 Å². The Bertz CT molecular complexity index is 1500. The summed E-state index contributed by atoms with van der Waals surface area (Å²) in [7, 11) is 0. The predicted molar refractivity (Wildman–Crippen MR) is 146 cm³/mol. The highest BCUT2D eigenvalue weighted by Crippen LogP contribution is 2.65. The van der Waals surface area contributed by atoms with E-state index in [4.69, 9.17) is 4.74 Å². The van der Waals surface area contributed by atoms with Crippen molar-refractivity contribution in [3.63, 3.8) is 0 Å². The van der Waals surface area contributed by atoms with Gasteiger partial charge in [0, 0.05) is 42.8 Å². The van der Waals surface area contributed by atoms with Crippen molar-refractivity contribution in [2.24, 2.45) is 0 Å². The molecule has 37 heavy (non-hydrogen) atoms. The van der Waals surface area contributed by atoms with Crippen LogP contribution in [-0.2, 0) is 14.9 Å². The van der Waals surface area contributed by atoms with Crippen LogP contribution in [0.15, 0.2) is 72.9 Å². The van der Waals surface area contributed by atoms with Crippen molar-refractivity contribution >= 4 is 34.1 Å². The van der Waals surface area contributed by atoms with E-state index >= 15 is 0 Å². The molecule has 0 bridgehead atoms. The third kappa shape index (κ3) is 3.88. The third-order valence-corrected chi connectivity index (χ3v) is 8.29. The Hall–Kier alpha value is -3.74. The number of amides is 1. The Kier molecular flexibility index (Phi) is 5.45. The van der Waals surface area contributed by atoms with Gasteiger partial charge in [-0.3, -0.25) is 9.89 Å². The number of carbonyl (C=O) groups is 1. The largest absolute Gasteiger partial charge is 0.381 e. The highest BCUT2D eigenvalue weighted by Gasteiger charge is 2.65. The van der Waals surface area contributed by atoms with Crippen molar-refractivity contribution in [1.29, 1.82) is 0 Å². The quantitative estimate of drug-likeness (QED) is 0.323. The molecular formula is C31H30N4O2. The van der Waals surface area contributed by atoms with Crippen LogP contribution in [0.3, 0.4) is 0 Å². The molecule has 1 saturated carbocycles. The van der Waals surface area contributed by atoms with E-state index in [9.17, 15) is 4.79 Å². The molecule has 3 aromatic carbocycles. The van der Waals surface area contributed by atoms with Crippen molar-refractivity contribution in [1.82, 2.24) is 15.5 Å². The van der Waals surface area contributed by atoms with Gasteiger partial charge < -0.3 is 15.4 Å².